The number of carbonyl (C=O) groups is 1. The van der Waals surface area contributed by atoms with Crippen LogP contribution in [0.1, 0.15) is 25.3 Å². The molecule has 0 saturated carbocycles. The number of hydrogen-bond acceptors (Lipinski definition) is 2. The van der Waals surface area contributed by atoms with Crippen molar-refractivity contribution < 1.29 is 9.90 Å². The van der Waals surface area contributed by atoms with E-state index in [-0.39, 0.29) is 0 Å². The molecule has 3 heteroatoms. The van der Waals surface area contributed by atoms with Gasteiger partial charge >= 0.3 is 5.97 Å². The monoisotopic (exact) mass is 207 g/mol. The lowest BCUT2D eigenvalue weighted by molar-refractivity contribution is -0.140. The normalized spacial score (nSPS) is 13.5. The maximum Gasteiger partial charge on any atom is 0.312 e. The van der Waals surface area contributed by atoms with Crippen LogP contribution in [-0.4, -0.2) is 23.7 Å². The summed E-state index contributed by atoms with van der Waals surface area (Å²) in [5.74, 6) is -1.34. The third-order valence-corrected chi connectivity index (χ3v) is 2.75. The van der Waals surface area contributed by atoms with Crippen LogP contribution in [0.5, 0.6) is 0 Å². The first kappa shape index (κ1) is 11.7. The van der Waals surface area contributed by atoms with Gasteiger partial charge < -0.3 is 10.4 Å². The van der Waals surface area contributed by atoms with Gasteiger partial charge in [-0.2, -0.15) is 0 Å². The molecule has 0 aliphatic carbocycles. The van der Waals surface area contributed by atoms with E-state index in [1.54, 1.807) is 7.05 Å². The highest BCUT2D eigenvalue weighted by atomic mass is 16.4. The van der Waals surface area contributed by atoms with Crippen molar-refractivity contribution in [3.63, 3.8) is 0 Å². The number of aliphatic carboxylic acids is 1. The van der Waals surface area contributed by atoms with Crippen molar-refractivity contribution in [1.29, 1.82) is 0 Å². The summed E-state index contributed by atoms with van der Waals surface area (Å²) in [6.07, 6.45) is 0. The van der Waals surface area contributed by atoms with Crippen molar-refractivity contribution in [2.75, 3.05) is 7.05 Å². The molecule has 1 unspecified atom stereocenters. The summed E-state index contributed by atoms with van der Waals surface area (Å²) < 4.78 is 0. The maximum absolute atomic E-state index is 11.3. The van der Waals surface area contributed by atoms with Crippen LogP contribution in [0.4, 0.5) is 0 Å². The summed E-state index contributed by atoms with van der Waals surface area (Å²) >= 11 is 0. The molecule has 1 aromatic carbocycles. The topological polar surface area (TPSA) is 49.3 Å². The molecule has 0 bridgehead atoms. The Morgan fingerprint density at radius 2 is 1.87 bits per heavy atom. The zero-order valence-corrected chi connectivity index (χ0v) is 9.32. The van der Waals surface area contributed by atoms with Gasteiger partial charge in [-0.15, -0.1) is 0 Å². The largest absolute Gasteiger partial charge is 0.481 e. The number of hydrogen-bond donors (Lipinski definition) is 2. The molecule has 15 heavy (non-hydrogen) atoms. The minimum absolute atomic E-state index is 0.465. The van der Waals surface area contributed by atoms with E-state index in [0.717, 1.165) is 5.56 Å². The zero-order valence-electron chi connectivity index (χ0n) is 9.32. The van der Waals surface area contributed by atoms with E-state index < -0.39 is 17.4 Å². The Morgan fingerprint density at radius 3 is 2.27 bits per heavy atom. The molecular weight excluding hydrogens is 190 g/mol. The van der Waals surface area contributed by atoms with E-state index in [1.807, 2.05) is 44.2 Å². The Hall–Kier alpha value is -1.35. The fourth-order valence-corrected chi connectivity index (χ4v) is 1.66. The lowest BCUT2D eigenvalue weighted by atomic mass is 9.82. The quantitative estimate of drug-likeness (QED) is 0.792. The second kappa shape index (κ2) is 4.45. The summed E-state index contributed by atoms with van der Waals surface area (Å²) in [6.45, 7) is 3.78. The highest BCUT2D eigenvalue weighted by Gasteiger charge is 2.34. The molecule has 2 N–H and O–H groups in total. The Balaban J connectivity index is 3.10. The van der Waals surface area contributed by atoms with Gasteiger partial charge in [0.05, 0.1) is 5.92 Å². The molecule has 0 heterocycles. The molecule has 0 aliphatic rings. The number of carboxylic acids is 1. The summed E-state index contributed by atoms with van der Waals surface area (Å²) in [5.41, 5.74) is 0.358. The average molecular weight is 207 g/mol. The lowest BCUT2D eigenvalue weighted by Gasteiger charge is -2.31. The Morgan fingerprint density at radius 1 is 1.33 bits per heavy atom. The smallest absolute Gasteiger partial charge is 0.312 e. The Kier molecular flexibility index (Phi) is 3.48. The van der Waals surface area contributed by atoms with Crippen LogP contribution in [0.25, 0.3) is 0 Å². The molecule has 3 nitrogen and oxygen atoms in total. The first-order valence-electron chi connectivity index (χ1n) is 4.95. The molecule has 1 aromatic rings. The molecule has 0 saturated heterocycles. The van der Waals surface area contributed by atoms with Crippen molar-refractivity contribution in [2.24, 2.45) is 0 Å². The predicted molar refractivity (Wildman–Crippen MR) is 60.0 cm³/mol. The number of likely N-dealkylation sites (N-methyl/N-ethyl adjacent to an activating group) is 1. The van der Waals surface area contributed by atoms with Crippen LogP contribution in [0.15, 0.2) is 30.3 Å². The first-order valence-corrected chi connectivity index (χ1v) is 4.95. The van der Waals surface area contributed by atoms with E-state index >= 15 is 0 Å². The molecule has 0 radical (unpaired) electrons. The summed E-state index contributed by atoms with van der Waals surface area (Å²) in [5, 5.41) is 12.3. The first-order chi connectivity index (χ1) is 6.99. The molecule has 0 spiro atoms. The molecule has 1 atom stereocenters. The van der Waals surface area contributed by atoms with E-state index in [1.165, 1.54) is 0 Å². The van der Waals surface area contributed by atoms with Crippen molar-refractivity contribution in [2.45, 2.75) is 25.3 Å². The number of rotatable bonds is 4. The molecule has 0 fully saturated rings. The third-order valence-electron chi connectivity index (χ3n) is 2.75. The summed E-state index contributed by atoms with van der Waals surface area (Å²) in [4.78, 5) is 11.3. The van der Waals surface area contributed by atoms with Gasteiger partial charge in [0.2, 0.25) is 0 Å². The van der Waals surface area contributed by atoms with Gasteiger partial charge in [0.15, 0.2) is 0 Å². The third kappa shape index (κ3) is 2.57. The number of nitrogens with one attached hydrogen (secondary N) is 1. The van der Waals surface area contributed by atoms with E-state index in [2.05, 4.69) is 5.32 Å². The van der Waals surface area contributed by atoms with Crippen LogP contribution < -0.4 is 5.32 Å². The van der Waals surface area contributed by atoms with Crippen LogP contribution in [0.2, 0.25) is 0 Å². The lowest BCUT2D eigenvalue weighted by Crippen LogP contribution is -2.45. The Bertz CT molecular complexity index is 333. The van der Waals surface area contributed by atoms with Crippen LogP contribution >= 0.6 is 0 Å². The highest BCUT2D eigenvalue weighted by Crippen LogP contribution is 2.27. The average Bonchev–Trinajstić information content (AvgIpc) is 2.18. The highest BCUT2D eigenvalue weighted by molar-refractivity contribution is 5.78. The second-order valence-electron chi connectivity index (χ2n) is 4.15. The van der Waals surface area contributed by atoms with Gasteiger partial charge in [0.1, 0.15) is 0 Å². The predicted octanol–water partition coefficient (Wildman–Crippen LogP) is 1.85. The number of carboxylic acid groups (broad SMARTS) is 1. The molecular formula is C12H17NO2. The van der Waals surface area contributed by atoms with Gasteiger partial charge in [-0.1, -0.05) is 30.3 Å². The van der Waals surface area contributed by atoms with E-state index in [4.69, 9.17) is 0 Å². The van der Waals surface area contributed by atoms with Crippen molar-refractivity contribution in [3.8, 4) is 0 Å². The van der Waals surface area contributed by atoms with Gasteiger partial charge in [-0.25, -0.2) is 0 Å². The zero-order chi connectivity index (χ0) is 11.5. The molecule has 82 valence electrons. The van der Waals surface area contributed by atoms with Gasteiger partial charge in [0, 0.05) is 5.54 Å². The summed E-state index contributed by atoms with van der Waals surface area (Å²) in [6, 6.07) is 9.29. The van der Waals surface area contributed by atoms with Gasteiger partial charge in [-0.05, 0) is 26.5 Å². The van der Waals surface area contributed by atoms with Crippen molar-refractivity contribution >= 4 is 5.97 Å². The SMILES string of the molecule is CNC(C)(C)C(C(=O)O)c1ccccc1. The van der Waals surface area contributed by atoms with Crippen molar-refractivity contribution in [3.05, 3.63) is 35.9 Å². The minimum Gasteiger partial charge on any atom is -0.481 e. The van der Waals surface area contributed by atoms with Crippen LogP contribution in [0.3, 0.4) is 0 Å². The molecule has 0 amide bonds. The molecule has 0 aromatic heterocycles. The fraction of sp³-hybridized carbons (Fsp3) is 0.417. The second-order valence-corrected chi connectivity index (χ2v) is 4.15. The minimum atomic E-state index is -0.805. The van der Waals surface area contributed by atoms with Gasteiger partial charge in [-0.3, -0.25) is 4.79 Å². The number of benzene rings is 1. The Labute approximate surface area is 90.1 Å². The summed E-state index contributed by atoms with van der Waals surface area (Å²) in [7, 11) is 1.78. The van der Waals surface area contributed by atoms with Crippen LogP contribution in [-0.2, 0) is 4.79 Å². The fourth-order valence-electron chi connectivity index (χ4n) is 1.66. The molecule has 1 rings (SSSR count). The van der Waals surface area contributed by atoms with E-state index in [0.29, 0.717) is 0 Å². The van der Waals surface area contributed by atoms with Crippen LogP contribution in [0, 0.1) is 0 Å². The van der Waals surface area contributed by atoms with E-state index in [9.17, 15) is 9.90 Å². The standard InChI is InChI=1S/C12H17NO2/c1-12(2,13-3)10(11(14)15)9-7-5-4-6-8-9/h4-8,10,13H,1-3H3,(H,14,15). The van der Waals surface area contributed by atoms with Crippen molar-refractivity contribution in [1.82, 2.24) is 5.32 Å². The molecule has 0 aliphatic heterocycles. The van der Waals surface area contributed by atoms with Gasteiger partial charge in [0.25, 0.3) is 0 Å². The maximum atomic E-state index is 11.3.